The van der Waals surface area contributed by atoms with Crippen LogP contribution in [0.4, 0.5) is 0 Å². The van der Waals surface area contributed by atoms with Crippen LogP contribution in [0.15, 0.2) is 27.4 Å². The van der Waals surface area contributed by atoms with Gasteiger partial charge in [-0.3, -0.25) is 4.79 Å². The summed E-state index contributed by atoms with van der Waals surface area (Å²) in [5.74, 6) is -0.282. The van der Waals surface area contributed by atoms with Gasteiger partial charge in [-0.05, 0) is 26.0 Å². The van der Waals surface area contributed by atoms with E-state index in [4.69, 9.17) is 18.6 Å². The van der Waals surface area contributed by atoms with Crippen LogP contribution < -0.4 is 19.8 Å². The lowest BCUT2D eigenvalue weighted by atomic mass is 10.2. The van der Waals surface area contributed by atoms with Crippen molar-refractivity contribution in [3.8, 4) is 17.2 Å². The number of hydrogen-bond acceptors (Lipinski definition) is 6. The number of hydrogen-bond donors (Lipinski definition) is 0. The van der Waals surface area contributed by atoms with E-state index in [1.807, 2.05) is 13.8 Å². The molecule has 0 spiro atoms. The zero-order chi connectivity index (χ0) is 15.6. The van der Waals surface area contributed by atoms with Crippen LogP contribution >= 0.6 is 0 Å². The molecule has 2 aromatic rings. The standard InChI is InChI=1S/C15H16O6/c1-8(2)19-11-7-5-6-10-12(11)21-15(17)14(18-4)13(10)20-9(3)16/h5-8H,1-4H3. The third-order valence-electron chi connectivity index (χ3n) is 2.62. The molecule has 0 atom stereocenters. The average molecular weight is 292 g/mol. The molecular weight excluding hydrogens is 276 g/mol. The highest BCUT2D eigenvalue weighted by Gasteiger charge is 2.21. The number of fused-ring (bicyclic) bond motifs is 1. The van der Waals surface area contributed by atoms with Crippen molar-refractivity contribution in [2.45, 2.75) is 26.9 Å². The first-order valence-corrected chi connectivity index (χ1v) is 6.43. The molecule has 0 radical (unpaired) electrons. The fraction of sp³-hybridized carbons (Fsp3) is 0.333. The van der Waals surface area contributed by atoms with E-state index >= 15 is 0 Å². The molecule has 112 valence electrons. The number of para-hydroxylation sites is 1. The highest BCUT2D eigenvalue weighted by atomic mass is 16.6. The molecule has 1 heterocycles. The number of carbonyl (C=O) groups excluding carboxylic acids is 1. The summed E-state index contributed by atoms with van der Waals surface area (Å²) in [5, 5.41) is 0.430. The second-order valence-electron chi connectivity index (χ2n) is 4.64. The second kappa shape index (κ2) is 5.87. The van der Waals surface area contributed by atoms with Crippen molar-refractivity contribution in [2.75, 3.05) is 7.11 Å². The summed E-state index contributed by atoms with van der Waals surface area (Å²) in [4.78, 5) is 23.2. The molecular formula is C15H16O6. The Morgan fingerprint density at radius 3 is 2.52 bits per heavy atom. The molecule has 1 aromatic heterocycles. The molecule has 2 rings (SSSR count). The van der Waals surface area contributed by atoms with Crippen molar-refractivity contribution in [1.82, 2.24) is 0 Å². The smallest absolute Gasteiger partial charge is 0.383 e. The predicted octanol–water partition coefficient (Wildman–Crippen LogP) is 2.51. The number of ether oxygens (including phenoxy) is 3. The second-order valence-corrected chi connectivity index (χ2v) is 4.64. The minimum absolute atomic E-state index is 0.0328. The van der Waals surface area contributed by atoms with E-state index in [9.17, 15) is 9.59 Å². The van der Waals surface area contributed by atoms with E-state index in [0.717, 1.165) is 0 Å². The fourth-order valence-corrected chi connectivity index (χ4v) is 1.92. The van der Waals surface area contributed by atoms with Gasteiger partial charge in [-0.15, -0.1) is 0 Å². The van der Waals surface area contributed by atoms with Gasteiger partial charge in [-0.2, -0.15) is 0 Å². The van der Waals surface area contributed by atoms with Crippen LogP contribution in [0.5, 0.6) is 17.2 Å². The molecule has 0 N–H and O–H groups in total. The van der Waals surface area contributed by atoms with Crippen LogP contribution in [-0.4, -0.2) is 19.2 Å². The molecule has 0 amide bonds. The van der Waals surface area contributed by atoms with Gasteiger partial charge < -0.3 is 18.6 Å². The third kappa shape index (κ3) is 2.99. The summed E-state index contributed by atoms with van der Waals surface area (Å²) >= 11 is 0. The summed E-state index contributed by atoms with van der Waals surface area (Å²) in [6.45, 7) is 4.95. The lowest BCUT2D eigenvalue weighted by Gasteiger charge is -2.14. The van der Waals surface area contributed by atoms with Gasteiger partial charge in [0.15, 0.2) is 17.1 Å². The summed E-state index contributed by atoms with van der Waals surface area (Å²) in [6, 6.07) is 5.05. The van der Waals surface area contributed by atoms with Gasteiger partial charge in [0.1, 0.15) is 0 Å². The Labute approximate surface area is 121 Å². The molecule has 6 nitrogen and oxygen atoms in total. The quantitative estimate of drug-likeness (QED) is 0.636. The molecule has 1 aromatic carbocycles. The van der Waals surface area contributed by atoms with Crippen LogP contribution in [0.25, 0.3) is 11.0 Å². The van der Waals surface area contributed by atoms with Crippen LogP contribution in [0.3, 0.4) is 0 Å². The average Bonchev–Trinajstić information content (AvgIpc) is 2.39. The summed E-state index contributed by atoms with van der Waals surface area (Å²) < 4.78 is 20.9. The summed E-state index contributed by atoms with van der Waals surface area (Å²) in [7, 11) is 1.31. The van der Waals surface area contributed by atoms with Gasteiger partial charge in [-0.25, -0.2) is 4.79 Å². The minimum atomic E-state index is -0.735. The van der Waals surface area contributed by atoms with E-state index in [2.05, 4.69) is 0 Å². The van der Waals surface area contributed by atoms with Crippen molar-refractivity contribution in [3.63, 3.8) is 0 Å². The lowest BCUT2D eigenvalue weighted by Crippen LogP contribution is -2.12. The largest absolute Gasteiger partial charge is 0.487 e. The number of esters is 1. The van der Waals surface area contributed by atoms with Crippen LogP contribution in [0.1, 0.15) is 20.8 Å². The zero-order valence-electron chi connectivity index (χ0n) is 12.3. The third-order valence-corrected chi connectivity index (χ3v) is 2.62. The molecule has 21 heavy (non-hydrogen) atoms. The van der Waals surface area contributed by atoms with Gasteiger partial charge in [0.2, 0.25) is 5.75 Å². The first-order chi connectivity index (χ1) is 9.93. The van der Waals surface area contributed by atoms with Crippen LogP contribution in [-0.2, 0) is 4.79 Å². The van der Waals surface area contributed by atoms with Crippen molar-refractivity contribution in [2.24, 2.45) is 0 Å². The van der Waals surface area contributed by atoms with E-state index in [-0.39, 0.29) is 23.2 Å². The van der Waals surface area contributed by atoms with Crippen molar-refractivity contribution >= 4 is 16.9 Å². The maximum Gasteiger partial charge on any atom is 0.383 e. The highest BCUT2D eigenvalue weighted by molar-refractivity contribution is 5.91. The monoisotopic (exact) mass is 292 g/mol. The molecule has 0 unspecified atom stereocenters. The normalized spacial score (nSPS) is 10.7. The lowest BCUT2D eigenvalue weighted by molar-refractivity contribution is -0.131. The van der Waals surface area contributed by atoms with Crippen molar-refractivity contribution < 1.29 is 23.4 Å². The topological polar surface area (TPSA) is 75.0 Å². The minimum Gasteiger partial charge on any atom is -0.487 e. The van der Waals surface area contributed by atoms with Gasteiger partial charge in [0, 0.05) is 6.92 Å². The molecule has 0 aliphatic rings. The van der Waals surface area contributed by atoms with Crippen LogP contribution in [0, 0.1) is 0 Å². The molecule has 0 fully saturated rings. The Morgan fingerprint density at radius 2 is 1.95 bits per heavy atom. The van der Waals surface area contributed by atoms with Gasteiger partial charge in [0.25, 0.3) is 0 Å². The molecule has 0 aliphatic heterocycles. The van der Waals surface area contributed by atoms with E-state index in [1.165, 1.54) is 14.0 Å². The maximum absolute atomic E-state index is 12.0. The number of benzene rings is 1. The molecule has 0 saturated carbocycles. The van der Waals surface area contributed by atoms with Crippen molar-refractivity contribution in [3.05, 3.63) is 28.6 Å². The van der Waals surface area contributed by atoms with Crippen LogP contribution in [0.2, 0.25) is 0 Å². The highest BCUT2D eigenvalue weighted by Crippen LogP contribution is 2.37. The van der Waals surface area contributed by atoms with E-state index < -0.39 is 11.6 Å². The Morgan fingerprint density at radius 1 is 1.24 bits per heavy atom. The summed E-state index contributed by atoms with van der Waals surface area (Å²) in [6.07, 6.45) is -0.0971. The Bertz CT molecular complexity index is 729. The molecule has 0 saturated heterocycles. The van der Waals surface area contributed by atoms with E-state index in [0.29, 0.717) is 11.1 Å². The first kappa shape index (κ1) is 14.9. The molecule has 0 bridgehead atoms. The predicted molar refractivity (Wildman–Crippen MR) is 76.1 cm³/mol. The summed E-state index contributed by atoms with van der Waals surface area (Å²) in [5.41, 5.74) is -0.519. The van der Waals surface area contributed by atoms with E-state index in [1.54, 1.807) is 18.2 Å². The molecule has 0 aliphatic carbocycles. The maximum atomic E-state index is 12.0. The molecule has 6 heteroatoms. The Hall–Kier alpha value is -2.50. The SMILES string of the molecule is COc1c(OC(C)=O)c2cccc(OC(C)C)c2oc1=O. The Kier molecular flexibility index (Phi) is 4.16. The number of methoxy groups -OCH3 is 1. The van der Waals surface area contributed by atoms with Crippen molar-refractivity contribution in [1.29, 1.82) is 0 Å². The van der Waals surface area contributed by atoms with Gasteiger partial charge in [0.05, 0.1) is 18.6 Å². The fourth-order valence-electron chi connectivity index (χ4n) is 1.92. The number of carbonyl (C=O) groups is 1. The first-order valence-electron chi connectivity index (χ1n) is 6.43. The Balaban J connectivity index is 2.78. The van der Waals surface area contributed by atoms with Gasteiger partial charge >= 0.3 is 11.6 Å². The van der Waals surface area contributed by atoms with Gasteiger partial charge in [-0.1, -0.05) is 6.07 Å². The zero-order valence-corrected chi connectivity index (χ0v) is 12.3. The number of rotatable bonds is 4.